The summed E-state index contributed by atoms with van der Waals surface area (Å²) in [4.78, 5) is 10.3. The smallest absolute Gasteiger partial charge is 0.147 e. The molecule has 4 heteroatoms. The van der Waals surface area contributed by atoms with E-state index in [4.69, 9.17) is 0 Å². The second kappa shape index (κ2) is 3.90. The first kappa shape index (κ1) is 9.37. The van der Waals surface area contributed by atoms with E-state index in [1.807, 2.05) is 11.8 Å². The third kappa shape index (κ3) is 2.00. The third-order valence-corrected chi connectivity index (χ3v) is 2.46. The van der Waals surface area contributed by atoms with E-state index in [-0.39, 0.29) is 0 Å². The molecule has 0 N–H and O–H groups in total. The van der Waals surface area contributed by atoms with Gasteiger partial charge in [0.15, 0.2) is 0 Å². The van der Waals surface area contributed by atoms with Gasteiger partial charge in [-0.25, -0.2) is 9.37 Å². The SMILES string of the molecule is Cc1cnc(N2CCC[C@H](F)C2)cn1. The van der Waals surface area contributed by atoms with Gasteiger partial charge < -0.3 is 4.90 Å². The van der Waals surface area contributed by atoms with E-state index in [9.17, 15) is 4.39 Å². The molecule has 0 amide bonds. The zero-order valence-electron chi connectivity index (χ0n) is 8.28. The largest absolute Gasteiger partial charge is 0.352 e. The van der Waals surface area contributed by atoms with Crippen molar-refractivity contribution in [2.45, 2.75) is 25.9 Å². The van der Waals surface area contributed by atoms with E-state index in [2.05, 4.69) is 9.97 Å². The van der Waals surface area contributed by atoms with Crippen molar-refractivity contribution in [3.05, 3.63) is 18.1 Å². The Morgan fingerprint density at radius 1 is 1.43 bits per heavy atom. The van der Waals surface area contributed by atoms with E-state index < -0.39 is 6.17 Å². The van der Waals surface area contributed by atoms with Gasteiger partial charge in [0.25, 0.3) is 0 Å². The number of anilines is 1. The predicted molar refractivity (Wildman–Crippen MR) is 53.1 cm³/mol. The van der Waals surface area contributed by atoms with Crippen LogP contribution in [0.2, 0.25) is 0 Å². The second-order valence-electron chi connectivity index (χ2n) is 3.70. The Kier molecular flexibility index (Phi) is 2.61. The topological polar surface area (TPSA) is 29.0 Å². The van der Waals surface area contributed by atoms with Crippen molar-refractivity contribution in [3.8, 4) is 0 Å². The Labute approximate surface area is 83.0 Å². The average molecular weight is 195 g/mol. The molecule has 76 valence electrons. The average Bonchev–Trinajstić information content (AvgIpc) is 2.19. The van der Waals surface area contributed by atoms with Gasteiger partial charge in [-0.1, -0.05) is 0 Å². The first-order valence-electron chi connectivity index (χ1n) is 4.93. The van der Waals surface area contributed by atoms with Crippen LogP contribution in [0.4, 0.5) is 10.2 Å². The highest BCUT2D eigenvalue weighted by atomic mass is 19.1. The van der Waals surface area contributed by atoms with E-state index in [0.717, 1.165) is 24.5 Å². The van der Waals surface area contributed by atoms with Crippen LogP contribution in [0, 0.1) is 6.92 Å². The Bertz CT molecular complexity index is 299. The number of hydrogen-bond donors (Lipinski definition) is 0. The lowest BCUT2D eigenvalue weighted by Gasteiger charge is -2.29. The number of nitrogens with zero attached hydrogens (tertiary/aromatic N) is 3. The molecule has 0 bridgehead atoms. The lowest BCUT2D eigenvalue weighted by Crippen LogP contribution is -2.36. The van der Waals surface area contributed by atoms with E-state index in [0.29, 0.717) is 13.0 Å². The van der Waals surface area contributed by atoms with Crippen LogP contribution >= 0.6 is 0 Å². The van der Waals surface area contributed by atoms with Crippen LogP contribution in [0.1, 0.15) is 18.5 Å². The van der Waals surface area contributed by atoms with Gasteiger partial charge in [-0.2, -0.15) is 0 Å². The Morgan fingerprint density at radius 3 is 2.93 bits per heavy atom. The van der Waals surface area contributed by atoms with Crippen LogP contribution in [0.25, 0.3) is 0 Å². The molecule has 2 rings (SSSR count). The van der Waals surface area contributed by atoms with E-state index in [1.165, 1.54) is 0 Å². The van der Waals surface area contributed by atoms with Gasteiger partial charge in [0.2, 0.25) is 0 Å². The molecule has 1 atom stereocenters. The zero-order chi connectivity index (χ0) is 9.97. The summed E-state index contributed by atoms with van der Waals surface area (Å²) in [6, 6.07) is 0. The third-order valence-electron chi connectivity index (χ3n) is 2.46. The van der Waals surface area contributed by atoms with Crippen LogP contribution < -0.4 is 4.90 Å². The molecular formula is C10H14FN3. The van der Waals surface area contributed by atoms with Gasteiger partial charge in [0.1, 0.15) is 12.0 Å². The van der Waals surface area contributed by atoms with Crippen molar-refractivity contribution in [1.29, 1.82) is 0 Å². The number of hydrogen-bond acceptors (Lipinski definition) is 3. The van der Waals surface area contributed by atoms with Crippen LogP contribution in [-0.4, -0.2) is 29.2 Å². The second-order valence-corrected chi connectivity index (χ2v) is 3.70. The highest BCUT2D eigenvalue weighted by Gasteiger charge is 2.19. The van der Waals surface area contributed by atoms with Gasteiger partial charge in [-0.3, -0.25) is 4.98 Å². The number of piperidine rings is 1. The van der Waals surface area contributed by atoms with Gasteiger partial charge in [-0.05, 0) is 19.8 Å². The maximum Gasteiger partial charge on any atom is 0.147 e. The summed E-state index contributed by atoms with van der Waals surface area (Å²) in [5.74, 6) is 0.790. The minimum atomic E-state index is -0.716. The van der Waals surface area contributed by atoms with Crippen LogP contribution in [0.3, 0.4) is 0 Å². The van der Waals surface area contributed by atoms with Crippen molar-refractivity contribution >= 4 is 5.82 Å². The molecule has 0 aliphatic carbocycles. The number of aryl methyl sites for hydroxylation is 1. The van der Waals surface area contributed by atoms with Gasteiger partial charge in [0, 0.05) is 6.54 Å². The summed E-state index contributed by atoms with van der Waals surface area (Å²) >= 11 is 0. The Balaban J connectivity index is 2.10. The molecule has 14 heavy (non-hydrogen) atoms. The standard InChI is InChI=1S/C10H14FN3/c1-8-5-13-10(6-12-8)14-4-2-3-9(11)7-14/h5-6,9H,2-4,7H2,1H3/t9-/m0/s1. The zero-order valence-corrected chi connectivity index (χ0v) is 8.28. The lowest BCUT2D eigenvalue weighted by atomic mass is 10.1. The first-order valence-corrected chi connectivity index (χ1v) is 4.93. The highest BCUT2D eigenvalue weighted by molar-refractivity contribution is 5.36. The minimum absolute atomic E-state index is 0.456. The monoisotopic (exact) mass is 195 g/mol. The fourth-order valence-corrected chi connectivity index (χ4v) is 1.68. The van der Waals surface area contributed by atoms with Crippen molar-refractivity contribution in [2.75, 3.05) is 18.0 Å². The molecule has 0 spiro atoms. The fourth-order valence-electron chi connectivity index (χ4n) is 1.68. The predicted octanol–water partition coefficient (Wildman–Crippen LogP) is 1.72. The van der Waals surface area contributed by atoms with E-state index >= 15 is 0 Å². The molecule has 2 heterocycles. The number of aromatic nitrogens is 2. The maximum absolute atomic E-state index is 13.1. The highest BCUT2D eigenvalue weighted by Crippen LogP contribution is 2.18. The normalized spacial score (nSPS) is 22.4. The number of alkyl halides is 1. The summed E-state index contributed by atoms with van der Waals surface area (Å²) in [5, 5.41) is 0. The number of halogens is 1. The van der Waals surface area contributed by atoms with Crippen LogP contribution in [0.15, 0.2) is 12.4 Å². The molecule has 0 aromatic carbocycles. The van der Waals surface area contributed by atoms with Crippen molar-refractivity contribution in [1.82, 2.24) is 9.97 Å². The molecule has 0 radical (unpaired) electrons. The Hall–Kier alpha value is -1.19. The molecule has 1 aliphatic heterocycles. The molecular weight excluding hydrogens is 181 g/mol. The summed E-state index contributed by atoms with van der Waals surface area (Å²) in [6.07, 6.45) is 4.30. The van der Waals surface area contributed by atoms with Crippen molar-refractivity contribution in [2.24, 2.45) is 0 Å². The van der Waals surface area contributed by atoms with Gasteiger partial charge in [-0.15, -0.1) is 0 Å². The molecule has 0 unspecified atom stereocenters. The molecule has 0 saturated carbocycles. The number of rotatable bonds is 1. The van der Waals surface area contributed by atoms with Gasteiger partial charge in [0.05, 0.1) is 24.6 Å². The van der Waals surface area contributed by atoms with Crippen LogP contribution in [0.5, 0.6) is 0 Å². The first-order chi connectivity index (χ1) is 6.75. The summed E-state index contributed by atoms with van der Waals surface area (Å²) in [6.45, 7) is 3.24. The summed E-state index contributed by atoms with van der Waals surface area (Å²) in [5.41, 5.74) is 0.891. The molecule has 1 fully saturated rings. The molecule has 1 aliphatic rings. The summed E-state index contributed by atoms with van der Waals surface area (Å²) in [7, 11) is 0. The molecule has 3 nitrogen and oxygen atoms in total. The fraction of sp³-hybridized carbons (Fsp3) is 0.600. The van der Waals surface area contributed by atoms with E-state index in [1.54, 1.807) is 12.4 Å². The summed E-state index contributed by atoms with van der Waals surface area (Å²) < 4.78 is 13.1. The molecule has 1 aromatic rings. The quantitative estimate of drug-likeness (QED) is 0.683. The minimum Gasteiger partial charge on any atom is -0.352 e. The Morgan fingerprint density at radius 2 is 2.29 bits per heavy atom. The lowest BCUT2D eigenvalue weighted by molar-refractivity contribution is 0.286. The maximum atomic E-state index is 13.1. The van der Waals surface area contributed by atoms with Crippen LogP contribution in [-0.2, 0) is 0 Å². The molecule has 1 saturated heterocycles. The van der Waals surface area contributed by atoms with Crippen molar-refractivity contribution < 1.29 is 4.39 Å². The van der Waals surface area contributed by atoms with Crippen molar-refractivity contribution in [3.63, 3.8) is 0 Å². The van der Waals surface area contributed by atoms with Gasteiger partial charge >= 0.3 is 0 Å². The molecule has 1 aromatic heterocycles.